The summed E-state index contributed by atoms with van der Waals surface area (Å²) in [6, 6.07) is 0. The van der Waals surface area contributed by atoms with Gasteiger partial charge in [0, 0.05) is 0 Å². The summed E-state index contributed by atoms with van der Waals surface area (Å²) in [5.74, 6) is -3.12. The minimum Gasteiger partial charge on any atom is -0.390 e. The summed E-state index contributed by atoms with van der Waals surface area (Å²) in [4.78, 5) is 4.10. The molecule has 0 fully saturated rings. The number of anilines is 1. The first-order valence-electron chi connectivity index (χ1n) is 5.47. The number of aryl methyl sites for hydroxylation is 2. The Kier molecular flexibility index (Phi) is 4.68. The van der Waals surface area contributed by atoms with Gasteiger partial charge in [-0.15, -0.1) is 5.10 Å². The highest BCUT2D eigenvalue weighted by molar-refractivity contribution is 5.26. The fourth-order valence-electron chi connectivity index (χ4n) is 1.28. The number of hydrogen-bond donors (Lipinski definition) is 2. The standard InChI is InChI=1S/C10H16F2N4O/c1-3-7-8(4-2)15-16-9(14-7)13-5-10(11,12)6-17/h17H,3-6H2,1-2H3,(H,13,14,16). The molecule has 1 aromatic heterocycles. The SMILES string of the molecule is CCc1nnc(NCC(F)(F)CO)nc1CC. The van der Waals surface area contributed by atoms with Crippen LogP contribution in [0.3, 0.4) is 0 Å². The predicted octanol–water partition coefficient (Wildman–Crippen LogP) is 1.04. The average molecular weight is 246 g/mol. The summed E-state index contributed by atoms with van der Waals surface area (Å²) in [5, 5.41) is 18.4. The van der Waals surface area contributed by atoms with Gasteiger partial charge >= 0.3 is 0 Å². The maximum Gasteiger partial charge on any atom is 0.287 e. The van der Waals surface area contributed by atoms with Crippen molar-refractivity contribution in [3.8, 4) is 0 Å². The topological polar surface area (TPSA) is 70.9 Å². The van der Waals surface area contributed by atoms with Crippen LogP contribution in [0.15, 0.2) is 0 Å². The molecule has 0 aromatic carbocycles. The number of nitrogens with zero attached hydrogens (tertiary/aromatic N) is 3. The van der Waals surface area contributed by atoms with Gasteiger partial charge in [0.2, 0.25) is 5.95 Å². The quantitative estimate of drug-likeness (QED) is 0.784. The summed E-state index contributed by atoms with van der Waals surface area (Å²) in [7, 11) is 0. The Hall–Kier alpha value is -1.37. The van der Waals surface area contributed by atoms with E-state index in [1.54, 1.807) is 0 Å². The van der Waals surface area contributed by atoms with Gasteiger partial charge in [0.15, 0.2) is 0 Å². The van der Waals surface area contributed by atoms with Crippen molar-refractivity contribution in [2.75, 3.05) is 18.5 Å². The molecule has 17 heavy (non-hydrogen) atoms. The predicted molar refractivity (Wildman–Crippen MR) is 59.1 cm³/mol. The number of aliphatic hydroxyl groups is 1. The van der Waals surface area contributed by atoms with Gasteiger partial charge in [-0.3, -0.25) is 0 Å². The van der Waals surface area contributed by atoms with Crippen molar-refractivity contribution < 1.29 is 13.9 Å². The van der Waals surface area contributed by atoms with Gasteiger partial charge in [0.05, 0.1) is 17.9 Å². The van der Waals surface area contributed by atoms with Crippen LogP contribution in [0.1, 0.15) is 25.2 Å². The Balaban J connectivity index is 2.73. The van der Waals surface area contributed by atoms with E-state index in [2.05, 4.69) is 20.5 Å². The van der Waals surface area contributed by atoms with Crippen molar-refractivity contribution in [2.24, 2.45) is 0 Å². The molecule has 0 bridgehead atoms. The summed E-state index contributed by atoms with van der Waals surface area (Å²) in [5.41, 5.74) is 1.52. The van der Waals surface area contributed by atoms with Crippen molar-refractivity contribution in [3.63, 3.8) is 0 Å². The summed E-state index contributed by atoms with van der Waals surface area (Å²) < 4.78 is 25.6. The molecule has 0 spiro atoms. The first kappa shape index (κ1) is 13.7. The monoisotopic (exact) mass is 246 g/mol. The molecular formula is C10H16F2N4O. The second-order valence-electron chi connectivity index (χ2n) is 3.60. The number of nitrogens with one attached hydrogen (secondary N) is 1. The van der Waals surface area contributed by atoms with E-state index in [-0.39, 0.29) is 5.95 Å². The van der Waals surface area contributed by atoms with Crippen molar-refractivity contribution in [2.45, 2.75) is 32.6 Å². The van der Waals surface area contributed by atoms with Crippen LogP contribution in [0, 0.1) is 0 Å². The third kappa shape index (κ3) is 3.85. The molecule has 2 N–H and O–H groups in total. The second-order valence-corrected chi connectivity index (χ2v) is 3.60. The highest BCUT2D eigenvalue weighted by Gasteiger charge is 2.27. The molecule has 1 rings (SSSR count). The zero-order valence-corrected chi connectivity index (χ0v) is 9.87. The molecule has 1 aromatic rings. The fraction of sp³-hybridized carbons (Fsp3) is 0.700. The van der Waals surface area contributed by atoms with E-state index in [4.69, 9.17) is 5.11 Å². The van der Waals surface area contributed by atoms with Crippen molar-refractivity contribution in [1.29, 1.82) is 0 Å². The third-order valence-corrected chi connectivity index (χ3v) is 2.25. The molecular weight excluding hydrogens is 230 g/mol. The smallest absolute Gasteiger partial charge is 0.287 e. The molecule has 0 radical (unpaired) electrons. The van der Waals surface area contributed by atoms with Crippen LogP contribution in [0.25, 0.3) is 0 Å². The second kappa shape index (κ2) is 5.81. The number of aromatic nitrogens is 3. The Morgan fingerprint density at radius 3 is 2.35 bits per heavy atom. The minimum absolute atomic E-state index is 0.0622. The van der Waals surface area contributed by atoms with Crippen LogP contribution in [-0.4, -0.2) is 39.4 Å². The highest BCUT2D eigenvalue weighted by Crippen LogP contribution is 2.13. The van der Waals surface area contributed by atoms with Crippen molar-refractivity contribution >= 4 is 5.95 Å². The van der Waals surface area contributed by atoms with Crippen LogP contribution >= 0.6 is 0 Å². The molecule has 0 saturated heterocycles. The lowest BCUT2D eigenvalue weighted by atomic mass is 10.2. The van der Waals surface area contributed by atoms with E-state index in [9.17, 15) is 8.78 Å². The molecule has 0 saturated carbocycles. The lowest BCUT2D eigenvalue weighted by Crippen LogP contribution is -2.31. The molecule has 1 heterocycles. The average Bonchev–Trinajstić information content (AvgIpc) is 2.36. The van der Waals surface area contributed by atoms with E-state index in [1.165, 1.54) is 0 Å². The first-order valence-corrected chi connectivity index (χ1v) is 5.47. The lowest BCUT2D eigenvalue weighted by Gasteiger charge is -2.14. The number of alkyl halides is 2. The minimum atomic E-state index is -3.18. The highest BCUT2D eigenvalue weighted by atomic mass is 19.3. The Bertz CT molecular complexity index is 373. The van der Waals surface area contributed by atoms with Crippen molar-refractivity contribution in [1.82, 2.24) is 15.2 Å². The van der Waals surface area contributed by atoms with Crippen LogP contribution < -0.4 is 5.32 Å². The summed E-state index contributed by atoms with van der Waals surface area (Å²) in [6.07, 6.45) is 1.38. The van der Waals surface area contributed by atoms with Gasteiger partial charge in [-0.05, 0) is 12.8 Å². The van der Waals surface area contributed by atoms with Gasteiger partial charge in [-0.25, -0.2) is 13.8 Å². The molecule has 0 atom stereocenters. The molecule has 0 amide bonds. The maximum absolute atomic E-state index is 12.8. The van der Waals surface area contributed by atoms with Crippen LogP contribution in [0.4, 0.5) is 14.7 Å². The lowest BCUT2D eigenvalue weighted by molar-refractivity contribution is -0.0374. The number of halogens is 2. The van der Waals surface area contributed by atoms with E-state index in [0.717, 1.165) is 11.4 Å². The van der Waals surface area contributed by atoms with E-state index >= 15 is 0 Å². The summed E-state index contributed by atoms with van der Waals surface area (Å²) in [6.45, 7) is 1.92. The summed E-state index contributed by atoms with van der Waals surface area (Å²) >= 11 is 0. The zero-order chi connectivity index (χ0) is 12.9. The molecule has 96 valence electrons. The van der Waals surface area contributed by atoms with Gasteiger partial charge in [0.25, 0.3) is 5.92 Å². The van der Waals surface area contributed by atoms with Crippen LogP contribution in [-0.2, 0) is 12.8 Å². The van der Waals surface area contributed by atoms with Gasteiger partial charge in [-0.2, -0.15) is 5.10 Å². The number of hydrogen-bond acceptors (Lipinski definition) is 5. The van der Waals surface area contributed by atoms with E-state index < -0.39 is 19.1 Å². The fourth-order valence-corrected chi connectivity index (χ4v) is 1.28. The van der Waals surface area contributed by atoms with Gasteiger partial charge in [-0.1, -0.05) is 13.8 Å². The Labute approximate surface area is 98.3 Å². The molecule has 0 unspecified atom stereocenters. The molecule has 0 aliphatic carbocycles. The van der Waals surface area contributed by atoms with Gasteiger partial charge in [0.1, 0.15) is 6.61 Å². The largest absolute Gasteiger partial charge is 0.390 e. The first-order chi connectivity index (χ1) is 8.02. The number of rotatable bonds is 6. The van der Waals surface area contributed by atoms with Crippen LogP contribution in [0.2, 0.25) is 0 Å². The Morgan fingerprint density at radius 2 is 1.82 bits per heavy atom. The van der Waals surface area contributed by atoms with Crippen LogP contribution in [0.5, 0.6) is 0 Å². The number of aliphatic hydroxyl groups excluding tert-OH is 1. The Morgan fingerprint density at radius 1 is 1.18 bits per heavy atom. The van der Waals surface area contributed by atoms with E-state index in [0.29, 0.717) is 12.8 Å². The molecule has 0 aliphatic rings. The maximum atomic E-state index is 12.8. The normalized spacial score (nSPS) is 11.6. The zero-order valence-electron chi connectivity index (χ0n) is 9.87. The molecule has 5 nitrogen and oxygen atoms in total. The van der Waals surface area contributed by atoms with Gasteiger partial charge < -0.3 is 10.4 Å². The van der Waals surface area contributed by atoms with E-state index in [1.807, 2.05) is 13.8 Å². The van der Waals surface area contributed by atoms with Crippen molar-refractivity contribution in [3.05, 3.63) is 11.4 Å². The molecule has 7 heteroatoms. The molecule has 0 aliphatic heterocycles. The third-order valence-electron chi connectivity index (χ3n) is 2.25.